The number of nitrogens with zero attached hydrogens (tertiary/aromatic N) is 3. The molecule has 1 saturated heterocycles. The van der Waals surface area contributed by atoms with Gasteiger partial charge in [-0.2, -0.15) is 0 Å². The number of thiophene rings is 1. The lowest BCUT2D eigenvalue weighted by molar-refractivity contribution is 0.0695. The molecule has 0 unspecified atom stereocenters. The number of carboxylic acid groups (broad SMARTS) is 1. The van der Waals surface area contributed by atoms with Crippen LogP contribution in [-0.4, -0.2) is 53.3 Å². The van der Waals surface area contributed by atoms with Crippen LogP contribution in [-0.2, 0) is 13.0 Å². The maximum Gasteiger partial charge on any atom is 0.341 e. The molecule has 3 heterocycles. The summed E-state index contributed by atoms with van der Waals surface area (Å²) in [7, 11) is 0. The van der Waals surface area contributed by atoms with Gasteiger partial charge in [0.2, 0.25) is 5.43 Å². The van der Waals surface area contributed by atoms with Gasteiger partial charge in [0.25, 0.3) is 0 Å². The molecule has 1 fully saturated rings. The van der Waals surface area contributed by atoms with Gasteiger partial charge in [-0.1, -0.05) is 6.08 Å². The zero-order chi connectivity index (χ0) is 23.1. The molecular weight excluding hydrogens is 441 g/mol. The highest BCUT2D eigenvalue weighted by molar-refractivity contribution is 7.11. The van der Waals surface area contributed by atoms with E-state index in [0.29, 0.717) is 30.8 Å². The Balaban J connectivity index is 1.37. The van der Waals surface area contributed by atoms with E-state index in [1.54, 1.807) is 10.6 Å². The van der Waals surface area contributed by atoms with Crippen LogP contribution < -0.4 is 10.3 Å². The first-order valence-electron chi connectivity index (χ1n) is 11.3. The van der Waals surface area contributed by atoms with E-state index in [4.69, 9.17) is 0 Å². The van der Waals surface area contributed by atoms with Crippen LogP contribution in [0.25, 0.3) is 16.5 Å². The molecule has 2 aliphatic rings. The zero-order valence-corrected chi connectivity index (χ0v) is 19.3. The fourth-order valence-corrected chi connectivity index (χ4v) is 5.88. The number of benzene rings is 1. The highest BCUT2D eigenvalue weighted by Gasteiger charge is 2.24. The summed E-state index contributed by atoms with van der Waals surface area (Å²) in [6.45, 7) is 6.30. The van der Waals surface area contributed by atoms with Crippen molar-refractivity contribution in [2.75, 3.05) is 37.6 Å². The molecule has 0 spiro atoms. The van der Waals surface area contributed by atoms with Crippen LogP contribution in [0.4, 0.5) is 10.1 Å². The number of carbonyl (C=O) groups is 1. The molecule has 8 heteroatoms. The van der Waals surface area contributed by atoms with Gasteiger partial charge in [0.05, 0.1) is 11.2 Å². The van der Waals surface area contributed by atoms with Crippen molar-refractivity contribution in [3.05, 3.63) is 67.9 Å². The minimum Gasteiger partial charge on any atom is -0.477 e. The van der Waals surface area contributed by atoms with Crippen LogP contribution in [0, 0.1) is 5.82 Å². The van der Waals surface area contributed by atoms with Crippen molar-refractivity contribution in [3.8, 4) is 0 Å². The number of aromatic nitrogens is 1. The SMILES string of the molecule is CCn1cc(C(=O)O)c(=O)c2cc(F)c(N3CCN(CC4=CCCc5ccsc54)CC3)cc21. The smallest absolute Gasteiger partial charge is 0.341 e. The molecule has 0 bridgehead atoms. The Bertz CT molecular complexity index is 1320. The van der Waals surface area contributed by atoms with Gasteiger partial charge in [0.1, 0.15) is 11.4 Å². The molecule has 0 saturated carbocycles. The first kappa shape index (κ1) is 21.9. The maximum absolute atomic E-state index is 15.1. The van der Waals surface area contributed by atoms with Gasteiger partial charge in [0, 0.05) is 55.7 Å². The van der Waals surface area contributed by atoms with E-state index >= 15 is 4.39 Å². The fraction of sp³-hybridized carbons (Fsp3) is 0.360. The number of hydrogen-bond donors (Lipinski definition) is 1. The van der Waals surface area contributed by atoms with E-state index in [1.807, 2.05) is 23.2 Å². The number of allylic oxidation sites excluding steroid dienone is 1. The molecule has 0 radical (unpaired) electrons. The van der Waals surface area contributed by atoms with Crippen LogP contribution >= 0.6 is 11.3 Å². The van der Waals surface area contributed by atoms with Crippen LogP contribution in [0.5, 0.6) is 0 Å². The molecule has 1 aliphatic carbocycles. The third kappa shape index (κ3) is 3.98. The summed E-state index contributed by atoms with van der Waals surface area (Å²) in [4.78, 5) is 29.9. The second-order valence-corrected chi connectivity index (χ2v) is 9.51. The van der Waals surface area contributed by atoms with E-state index in [1.165, 1.54) is 28.3 Å². The Kier molecular flexibility index (Phi) is 5.80. The number of halogens is 1. The molecule has 2 aromatic heterocycles. The molecule has 5 rings (SSSR count). The standard InChI is InChI=1S/C25H26FN3O3S/c1-2-28-15-19(25(31)32)23(30)18-12-20(26)22(13-21(18)28)29-9-7-27(8-10-29)14-17-5-3-4-16-6-11-33-24(16)17/h5-6,11-13,15H,2-4,7-10,14H2,1H3,(H,31,32). The number of pyridine rings is 1. The summed E-state index contributed by atoms with van der Waals surface area (Å²) in [5.74, 6) is -1.79. The Hall–Kier alpha value is -2.97. The van der Waals surface area contributed by atoms with Gasteiger partial charge >= 0.3 is 5.97 Å². The first-order chi connectivity index (χ1) is 16.0. The summed E-state index contributed by atoms with van der Waals surface area (Å²) in [6.07, 6.45) is 5.91. The zero-order valence-electron chi connectivity index (χ0n) is 18.5. The van der Waals surface area contributed by atoms with E-state index < -0.39 is 17.2 Å². The number of hydrogen-bond acceptors (Lipinski definition) is 5. The topological polar surface area (TPSA) is 65.8 Å². The normalized spacial score (nSPS) is 16.7. The highest BCUT2D eigenvalue weighted by Crippen LogP contribution is 2.32. The van der Waals surface area contributed by atoms with E-state index in [-0.39, 0.29) is 10.9 Å². The molecule has 1 aliphatic heterocycles. The molecule has 172 valence electrons. The minimum atomic E-state index is -1.30. The van der Waals surface area contributed by atoms with Crippen molar-refractivity contribution >= 4 is 39.5 Å². The van der Waals surface area contributed by atoms with E-state index in [2.05, 4.69) is 22.4 Å². The first-order valence-corrected chi connectivity index (χ1v) is 12.2. The van der Waals surface area contributed by atoms with Crippen molar-refractivity contribution in [1.29, 1.82) is 0 Å². The van der Waals surface area contributed by atoms with E-state index in [0.717, 1.165) is 32.5 Å². The van der Waals surface area contributed by atoms with Gasteiger partial charge in [-0.15, -0.1) is 11.3 Å². The number of carboxylic acids is 1. The predicted octanol–water partition coefficient (Wildman–Crippen LogP) is 4.07. The molecule has 3 aromatic rings. The lowest BCUT2D eigenvalue weighted by Gasteiger charge is -2.37. The summed E-state index contributed by atoms with van der Waals surface area (Å²) >= 11 is 1.81. The number of aryl methyl sites for hydroxylation is 2. The number of piperazine rings is 1. The van der Waals surface area contributed by atoms with Gasteiger partial charge in [0.15, 0.2) is 0 Å². The third-order valence-corrected chi connectivity index (χ3v) is 7.70. The van der Waals surface area contributed by atoms with Crippen molar-refractivity contribution in [2.45, 2.75) is 26.3 Å². The van der Waals surface area contributed by atoms with Gasteiger partial charge in [-0.3, -0.25) is 9.69 Å². The molecule has 33 heavy (non-hydrogen) atoms. The maximum atomic E-state index is 15.1. The van der Waals surface area contributed by atoms with Crippen LogP contribution in [0.1, 0.15) is 34.1 Å². The number of fused-ring (bicyclic) bond motifs is 2. The summed E-state index contributed by atoms with van der Waals surface area (Å²) in [5.41, 5.74) is 2.88. The highest BCUT2D eigenvalue weighted by atomic mass is 32.1. The predicted molar refractivity (Wildman–Crippen MR) is 130 cm³/mol. The van der Waals surface area contributed by atoms with Gasteiger partial charge in [-0.05, 0) is 54.5 Å². The monoisotopic (exact) mass is 467 g/mol. The molecule has 0 atom stereocenters. The van der Waals surface area contributed by atoms with Crippen LogP contribution in [0.2, 0.25) is 0 Å². The minimum absolute atomic E-state index is 0.104. The molecule has 6 nitrogen and oxygen atoms in total. The summed E-state index contributed by atoms with van der Waals surface area (Å²) in [6, 6.07) is 5.12. The Morgan fingerprint density at radius 2 is 2.00 bits per heavy atom. The Labute approximate surface area is 195 Å². The average molecular weight is 468 g/mol. The van der Waals surface area contributed by atoms with Gasteiger partial charge in [-0.25, -0.2) is 9.18 Å². The van der Waals surface area contributed by atoms with Crippen LogP contribution in [0.15, 0.2) is 40.6 Å². The summed E-state index contributed by atoms with van der Waals surface area (Å²) < 4.78 is 16.8. The molecule has 1 aromatic carbocycles. The van der Waals surface area contributed by atoms with Crippen molar-refractivity contribution in [1.82, 2.24) is 9.47 Å². The number of rotatable bonds is 5. The average Bonchev–Trinajstić information content (AvgIpc) is 3.30. The lowest BCUT2D eigenvalue weighted by atomic mass is 9.98. The fourth-order valence-electron chi connectivity index (χ4n) is 4.89. The second-order valence-electron chi connectivity index (χ2n) is 8.59. The summed E-state index contributed by atoms with van der Waals surface area (Å²) in [5, 5.41) is 11.6. The van der Waals surface area contributed by atoms with Crippen molar-refractivity contribution in [3.63, 3.8) is 0 Å². The van der Waals surface area contributed by atoms with Gasteiger partial charge < -0.3 is 14.6 Å². The van der Waals surface area contributed by atoms with Crippen molar-refractivity contribution < 1.29 is 14.3 Å². The molecule has 1 N–H and O–H groups in total. The largest absolute Gasteiger partial charge is 0.477 e. The quantitative estimate of drug-likeness (QED) is 0.613. The molecular formula is C25H26FN3O3S. The van der Waals surface area contributed by atoms with Crippen molar-refractivity contribution in [2.24, 2.45) is 0 Å². The second kappa shape index (κ2) is 8.76. The molecule has 0 amide bonds. The Morgan fingerprint density at radius 1 is 1.21 bits per heavy atom. The Morgan fingerprint density at radius 3 is 2.73 bits per heavy atom. The van der Waals surface area contributed by atoms with Crippen LogP contribution in [0.3, 0.4) is 0 Å². The third-order valence-electron chi connectivity index (χ3n) is 6.67. The van der Waals surface area contributed by atoms with E-state index in [9.17, 15) is 14.7 Å². The number of aromatic carboxylic acids is 1. The number of anilines is 1. The lowest BCUT2D eigenvalue weighted by Crippen LogP contribution is -2.47.